The number of carbonyl (C=O) groups is 1. The Hall–Kier alpha value is -2.40. The minimum Gasteiger partial charge on any atom is -0.334 e. The Balaban J connectivity index is 1.44. The van der Waals surface area contributed by atoms with Crippen molar-refractivity contribution in [1.82, 2.24) is 15.1 Å². The van der Waals surface area contributed by atoms with Crippen LogP contribution in [0.1, 0.15) is 16.7 Å². The second-order valence-corrected chi connectivity index (χ2v) is 6.50. The highest BCUT2D eigenvalue weighted by molar-refractivity contribution is 5.74. The number of hydrogen-bond acceptors (Lipinski definition) is 2. The predicted molar refractivity (Wildman–Crippen MR) is 96.7 cm³/mol. The standard InChI is InChI=1S/C20H24FN3O/c1-16-6-8-17(9-7-16)14-22-20(25)24-12-10-23(11-13-24)15-18-4-2-3-5-19(18)21/h2-9H,10-15H2,1H3,(H,22,25). The molecule has 0 saturated carbocycles. The molecule has 0 bridgehead atoms. The predicted octanol–water partition coefficient (Wildman–Crippen LogP) is 3.16. The fourth-order valence-electron chi connectivity index (χ4n) is 2.97. The average molecular weight is 341 g/mol. The van der Waals surface area contributed by atoms with Crippen LogP contribution in [0.25, 0.3) is 0 Å². The summed E-state index contributed by atoms with van der Waals surface area (Å²) >= 11 is 0. The van der Waals surface area contributed by atoms with E-state index in [1.807, 2.05) is 48.2 Å². The summed E-state index contributed by atoms with van der Waals surface area (Å²) in [5.74, 6) is -0.166. The maximum atomic E-state index is 13.7. The van der Waals surface area contributed by atoms with Crippen molar-refractivity contribution in [2.75, 3.05) is 26.2 Å². The lowest BCUT2D eigenvalue weighted by atomic mass is 10.1. The summed E-state index contributed by atoms with van der Waals surface area (Å²) in [6, 6.07) is 15.0. The molecule has 0 unspecified atom stereocenters. The second kappa shape index (κ2) is 8.12. The Morgan fingerprint density at radius 1 is 1.04 bits per heavy atom. The summed E-state index contributed by atoms with van der Waals surface area (Å²) in [5, 5.41) is 2.97. The molecule has 5 heteroatoms. The van der Waals surface area contributed by atoms with E-state index >= 15 is 0 Å². The van der Waals surface area contributed by atoms with Crippen LogP contribution in [0, 0.1) is 12.7 Å². The lowest BCUT2D eigenvalue weighted by molar-refractivity contribution is 0.134. The highest BCUT2D eigenvalue weighted by atomic mass is 19.1. The van der Waals surface area contributed by atoms with Crippen molar-refractivity contribution in [2.24, 2.45) is 0 Å². The average Bonchev–Trinajstić information content (AvgIpc) is 2.63. The molecule has 3 rings (SSSR count). The molecule has 0 spiro atoms. The van der Waals surface area contributed by atoms with E-state index in [2.05, 4.69) is 10.2 Å². The lowest BCUT2D eigenvalue weighted by Crippen LogP contribution is -2.51. The number of amides is 2. The van der Waals surface area contributed by atoms with Crippen LogP contribution in [-0.4, -0.2) is 42.0 Å². The van der Waals surface area contributed by atoms with Gasteiger partial charge in [0, 0.05) is 44.8 Å². The van der Waals surface area contributed by atoms with E-state index in [-0.39, 0.29) is 11.8 Å². The monoisotopic (exact) mass is 341 g/mol. The number of carbonyl (C=O) groups excluding carboxylic acids is 1. The molecule has 25 heavy (non-hydrogen) atoms. The summed E-state index contributed by atoms with van der Waals surface area (Å²) in [6.07, 6.45) is 0. The van der Waals surface area contributed by atoms with Gasteiger partial charge in [-0.15, -0.1) is 0 Å². The topological polar surface area (TPSA) is 35.6 Å². The Kier molecular flexibility index (Phi) is 5.66. The SMILES string of the molecule is Cc1ccc(CNC(=O)N2CCN(Cc3ccccc3F)CC2)cc1. The van der Waals surface area contributed by atoms with Crippen molar-refractivity contribution in [3.8, 4) is 0 Å². The molecule has 132 valence electrons. The maximum absolute atomic E-state index is 13.7. The van der Waals surface area contributed by atoms with Gasteiger partial charge in [0.15, 0.2) is 0 Å². The largest absolute Gasteiger partial charge is 0.334 e. The summed E-state index contributed by atoms with van der Waals surface area (Å²) in [5.41, 5.74) is 3.01. The normalized spacial score (nSPS) is 15.2. The van der Waals surface area contributed by atoms with Gasteiger partial charge in [-0.2, -0.15) is 0 Å². The summed E-state index contributed by atoms with van der Waals surface area (Å²) in [6.45, 7) is 6.00. The first-order valence-corrected chi connectivity index (χ1v) is 8.66. The zero-order valence-electron chi connectivity index (χ0n) is 14.5. The number of piperazine rings is 1. The zero-order valence-corrected chi connectivity index (χ0v) is 14.5. The molecular weight excluding hydrogens is 317 g/mol. The van der Waals surface area contributed by atoms with Gasteiger partial charge in [0.05, 0.1) is 0 Å². The third-order valence-electron chi connectivity index (χ3n) is 4.58. The van der Waals surface area contributed by atoms with Crippen LogP contribution in [-0.2, 0) is 13.1 Å². The Labute approximate surface area is 148 Å². The molecule has 2 aromatic carbocycles. The number of benzene rings is 2. The minimum absolute atomic E-state index is 0.0360. The Morgan fingerprint density at radius 2 is 1.72 bits per heavy atom. The van der Waals surface area contributed by atoms with Crippen LogP contribution in [0.4, 0.5) is 9.18 Å². The van der Waals surface area contributed by atoms with Crippen LogP contribution in [0.3, 0.4) is 0 Å². The number of hydrogen-bond donors (Lipinski definition) is 1. The van der Waals surface area contributed by atoms with E-state index in [4.69, 9.17) is 0 Å². The van der Waals surface area contributed by atoms with E-state index < -0.39 is 0 Å². The van der Waals surface area contributed by atoms with Crippen LogP contribution in [0.15, 0.2) is 48.5 Å². The van der Waals surface area contributed by atoms with Crippen LogP contribution < -0.4 is 5.32 Å². The molecule has 1 N–H and O–H groups in total. The molecular formula is C20H24FN3O. The van der Waals surface area contributed by atoms with Crippen molar-refractivity contribution in [2.45, 2.75) is 20.0 Å². The summed E-state index contributed by atoms with van der Waals surface area (Å²) < 4.78 is 13.7. The quantitative estimate of drug-likeness (QED) is 0.927. The van der Waals surface area contributed by atoms with Crippen molar-refractivity contribution in [3.05, 3.63) is 71.0 Å². The molecule has 0 radical (unpaired) electrons. The van der Waals surface area contributed by atoms with Gasteiger partial charge in [-0.05, 0) is 18.6 Å². The van der Waals surface area contributed by atoms with E-state index in [0.29, 0.717) is 31.7 Å². The van der Waals surface area contributed by atoms with Gasteiger partial charge in [0.1, 0.15) is 5.82 Å². The van der Waals surface area contributed by atoms with Gasteiger partial charge in [-0.1, -0.05) is 48.0 Å². The van der Waals surface area contributed by atoms with E-state index in [1.54, 1.807) is 6.07 Å². The molecule has 0 aromatic heterocycles. The van der Waals surface area contributed by atoms with Crippen molar-refractivity contribution in [3.63, 3.8) is 0 Å². The van der Waals surface area contributed by atoms with Crippen LogP contribution >= 0.6 is 0 Å². The van der Waals surface area contributed by atoms with Gasteiger partial charge < -0.3 is 10.2 Å². The number of nitrogens with one attached hydrogen (secondary N) is 1. The molecule has 0 atom stereocenters. The van der Waals surface area contributed by atoms with Crippen LogP contribution in [0.2, 0.25) is 0 Å². The minimum atomic E-state index is -0.166. The molecule has 1 aliphatic heterocycles. The first-order valence-electron chi connectivity index (χ1n) is 8.66. The fraction of sp³-hybridized carbons (Fsp3) is 0.350. The van der Waals surface area contributed by atoms with Crippen LogP contribution in [0.5, 0.6) is 0 Å². The molecule has 1 fully saturated rings. The number of aryl methyl sites for hydroxylation is 1. The lowest BCUT2D eigenvalue weighted by Gasteiger charge is -2.34. The van der Waals surface area contributed by atoms with E-state index in [1.165, 1.54) is 11.6 Å². The molecule has 2 amide bonds. The van der Waals surface area contributed by atoms with Crippen molar-refractivity contribution in [1.29, 1.82) is 0 Å². The maximum Gasteiger partial charge on any atom is 0.317 e. The van der Waals surface area contributed by atoms with E-state index in [9.17, 15) is 9.18 Å². The summed E-state index contributed by atoms with van der Waals surface area (Å²) in [4.78, 5) is 16.3. The molecule has 1 saturated heterocycles. The number of urea groups is 1. The Morgan fingerprint density at radius 3 is 2.40 bits per heavy atom. The molecule has 2 aromatic rings. The van der Waals surface area contributed by atoms with Gasteiger partial charge in [-0.25, -0.2) is 9.18 Å². The molecule has 0 aliphatic carbocycles. The number of nitrogens with zero attached hydrogens (tertiary/aromatic N) is 2. The first-order chi connectivity index (χ1) is 12.1. The van der Waals surface area contributed by atoms with Gasteiger partial charge in [0.2, 0.25) is 0 Å². The second-order valence-electron chi connectivity index (χ2n) is 6.50. The molecule has 4 nitrogen and oxygen atoms in total. The smallest absolute Gasteiger partial charge is 0.317 e. The third-order valence-corrected chi connectivity index (χ3v) is 4.58. The third kappa shape index (κ3) is 4.79. The summed E-state index contributed by atoms with van der Waals surface area (Å²) in [7, 11) is 0. The number of halogens is 1. The van der Waals surface area contributed by atoms with E-state index in [0.717, 1.165) is 18.7 Å². The number of rotatable bonds is 4. The molecule has 1 heterocycles. The Bertz CT molecular complexity index is 709. The van der Waals surface area contributed by atoms with Gasteiger partial charge in [-0.3, -0.25) is 4.90 Å². The molecule has 1 aliphatic rings. The highest BCUT2D eigenvalue weighted by Crippen LogP contribution is 2.12. The van der Waals surface area contributed by atoms with Crippen molar-refractivity contribution >= 4 is 6.03 Å². The fourth-order valence-corrected chi connectivity index (χ4v) is 2.97. The zero-order chi connectivity index (χ0) is 17.6. The van der Waals surface area contributed by atoms with Gasteiger partial charge in [0.25, 0.3) is 0 Å². The highest BCUT2D eigenvalue weighted by Gasteiger charge is 2.21. The van der Waals surface area contributed by atoms with Gasteiger partial charge >= 0.3 is 6.03 Å². The van der Waals surface area contributed by atoms with Crippen molar-refractivity contribution < 1.29 is 9.18 Å². The first kappa shape index (κ1) is 17.4.